The third-order valence-corrected chi connectivity index (χ3v) is 3.19. The molecule has 0 aliphatic rings. The number of rotatable bonds is 6. The summed E-state index contributed by atoms with van der Waals surface area (Å²) in [6, 6.07) is 0. The number of fused-ring (bicyclic) bond motifs is 1. The Morgan fingerprint density at radius 3 is 2.79 bits per heavy atom. The number of aliphatic hydroxyl groups excluding tert-OH is 1. The maximum absolute atomic E-state index is 9.50. The highest BCUT2D eigenvalue weighted by Crippen LogP contribution is 2.24. The largest absolute Gasteiger partial charge is 0.394 e. The van der Waals surface area contributed by atoms with E-state index in [9.17, 15) is 5.11 Å². The first-order valence-electron chi connectivity index (χ1n) is 6.46. The average Bonchev–Trinajstić information content (AvgIpc) is 2.87. The van der Waals surface area contributed by atoms with Crippen molar-refractivity contribution in [2.24, 2.45) is 0 Å². The normalized spacial score (nSPS) is 14.3. The van der Waals surface area contributed by atoms with E-state index in [2.05, 4.69) is 30.8 Å². The summed E-state index contributed by atoms with van der Waals surface area (Å²) in [5, 5.41) is 23.5. The summed E-state index contributed by atoms with van der Waals surface area (Å²) in [7, 11) is 0. The van der Waals surface area contributed by atoms with E-state index in [4.69, 9.17) is 0 Å². The fraction of sp³-hybridized carbons (Fsp3) is 0.583. The molecule has 0 saturated carbocycles. The van der Waals surface area contributed by atoms with E-state index < -0.39 is 5.54 Å². The molecule has 1 atom stereocenters. The molecule has 0 radical (unpaired) electrons. The van der Waals surface area contributed by atoms with Crippen LogP contribution in [-0.2, 0) is 0 Å². The highest BCUT2D eigenvalue weighted by atomic mass is 16.3. The molecule has 0 bridgehead atoms. The molecule has 19 heavy (non-hydrogen) atoms. The van der Waals surface area contributed by atoms with E-state index in [0.717, 1.165) is 18.4 Å². The van der Waals surface area contributed by atoms with Crippen molar-refractivity contribution >= 4 is 22.8 Å². The first-order valence-corrected chi connectivity index (χ1v) is 6.46. The van der Waals surface area contributed by atoms with Crippen LogP contribution in [0.3, 0.4) is 0 Å². The van der Waals surface area contributed by atoms with E-state index >= 15 is 0 Å². The quantitative estimate of drug-likeness (QED) is 0.629. The van der Waals surface area contributed by atoms with Gasteiger partial charge in [0.2, 0.25) is 5.95 Å². The van der Waals surface area contributed by atoms with Crippen molar-refractivity contribution in [1.82, 2.24) is 20.2 Å². The Morgan fingerprint density at radius 2 is 2.16 bits per heavy atom. The fourth-order valence-electron chi connectivity index (χ4n) is 1.69. The molecule has 2 aromatic rings. The van der Waals surface area contributed by atoms with Crippen molar-refractivity contribution in [3.63, 3.8) is 0 Å². The molecule has 0 aromatic carbocycles. The van der Waals surface area contributed by atoms with Crippen molar-refractivity contribution in [2.75, 3.05) is 23.8 Å². The third-order valence-electron chi connectivity index (χ3n) is 3.19. The second-order valence-corrected chi connectivity index (χ2v) is 4.76. The van der Waals surface area contributed by atoms with Crippen LogP contribution in [0.25, 0.3) is 11.0 Å². The van der Waals surface area contributed by atoms with Gasteiger partial charge in [-0.1, -0.05) is 6.92 Å². The van der Waals surface area contributed by atoms with Crippen LogP contribution in [0.4, 0.5) is 11.8 Å². The molecule has 2 heterocycles. The Bertz CT molecular complexity index is 548. The van der Waals surface area contributed by atoms with Gasteiger partial charge in [0.05, 0.1) is 23.7 Å². The van der Waals surface area contributed by atoms with Gasteiger partial charge in [0.1, 0.15) is 5.82 Å². The molecule has 0 fully saturated rings. The maximum atomic E-state index is 9.50. The number of aromatic amines is 1. The van der Waals surface area contributed by atoms with Gasteiger partial charge in [0, 0.05) is 6.54 Å². The first kappa shape index (κ1) is 13.5. The molecule has 4 N–H and O–H groups in total. The second-order valence-electron chi connectivity index (χ2n) is 4.76. The molecule has 104 valence electrons. The summed E-state index contributed by atoms with van der Waals surface area (Å²) >= 11 is 0. The lowest BCUT2D eigenvalue weighted by atomic mass is 10.0. The van der Waals surface area contributed by atoms with Crippen LogP contribution in [0.5, 0.6) is 0 Å². The van der Waals surface area contributed by atoms with Gasteiger partial charge in [-0.3, -0.25) is 5.10 Å². The Kier molecular flexibility index (Phi) is 3.84. The van der Waals surface area contributed by atoms with Gasteiger partial charge in [-0.05, 0) is 20.3 Å². The van der Waals surface area contributed by atoms with Crippen molar-refractivity contribution in [3.05, 3.63) is 6.20 Å². The van der Waals surface area contributed by atoms with Crippen molar-refractivity contribution in [3.8, 4) is 0 Å². The minimum Gasteiger partial charge on any atom is -0.394 e. The van der Waals surface area contributed by atoms with E-state index in [1.165, 1.54) is 0 Å². The van der Waals surface area contributed by atoms with E-state index in [-0.39, 0.29) is 6.61 Å². The number of hydrogen-bond acceptors (Lipinski definition) is 6. The average molecular weight is 264 g/mol. The Labute approximate surface area is 111 Å². The van der Waals surface area contributed by atoms with Gasteiger partial charge >= 0.3 is 0 Å². The van der Waals surface area contributed by atoms with Gasteiger partial charge in [-0.25, -0.2) is 0 Å². The predicted molar refractivity (Wildman–Crippen MR) is 75.3 cm³/mol. The van der Waals surface area contributed by atoms with Crippen LogP contribution in [-0.4, -0.2) is 44.0 Å². The number of nitrogens with one attached hydrogen (secondary N) is 3. The van der Waals surface area contributed by atoms with Crippen molar-refractivity contribution in [2.45, 2.75) is 32.7 Å². The number of H-pyrrole nitrogens is 1. The summed E-state index contributed by atoms with van der Waals surface area (Å²) in [5.41, 5.74) is 0.257. The standard InChI is InChI=1S/C12H20N6O/c1-4-12(3,7-19)17-9-8-6-14-18-10(8)16-11(15-9)13-5-2/h6,19H,4-5,7H2,1-3H3,(H3,13,14,15,16,17,18). The zero-order valence-corrected chi connectivity index (χ0v) is 11.5. The Hall–Kier alpha value is -1.89. The van der Waals surface area contributed by atoms with Crippen LogP contribution < -0.4 is 10.6 Å². The minimum absolute atomic E-state index is 0.0311. The highest BCUT2D eigenvalue weighted by molar-refractivity contribution is 5.87. The maximum Gasteiger partial charge on any atom is 0.226 e. The molecular weight excluding hydrogens is 244 g/mol. The molecule has 0 aliphatic heterocycles. The molecule has 0 spiro atoms. The lowest BCUT2D eigenvalue weighted by Crippen LogP contribution is -2.38. The summed E-state index contributed by atoms with van der Waals surface area (Å²) in [5.74, 6) is 1.21. The van der Waals surface area contributed by atoms with Gasteiger partial charge in [-0.2, -0.15) is 15.1 Å². The number of hydrogen-bond donors (Lipinski definition) is 4. The van der Waals surface area contributed by atoms with Crippen LogP contribution in [0.15, 0.2) is 6.20 Å². The number of aliphatic hydroxyl groups is 1. The summed E-state index contributed by atoms with van der Waals surface area (Å²) in [6.45, 7) is 6.72. The Balaban J connectivity index is 2.42. The second kappa shape index (κ2) is 5.40. The van der Waals surface area contributed by atoms with Crippen molar-refractivity contribution < 1.29 is 5.11 Å². The number of nitrogens with zero attached hydrogens (tertiary/aromatic N) is 3. The molecule has 2 rings (SSSR count). The molecule has 2 aromatic heterocycles. The van der Waals surface area contributed by atoms with Crippen LogP contribution in [0.2, 0.25) is 0 Å². The lowest BCUT2D eigenvalue weighted by Gasteiger charge is -2.28. The smallest absolute Gasteiger partial charge is 0.226 e. The van der Waals surface area contributed by atoms with Crippen LogP contribution in [0, 0.1) is 0 Å². The summed E-state index contributed by atoms with van der Waals surface area (Å²) < 4.78 is 0. The first-order chi connectivity index (χ1) is 9.11. The summed E-state index contributed by atoms with van der Waals surface area (Å²) in [6.07, 6.45) is 2.46. The van der Waals surface area contributed by atoms with E-state index in [0.29, 0.717) is 17.4 Å². The van der Waals surface area contributed by atoms with Gasteiger partial charge in [0.15, 0.2) is 5.65 Å². The van der Waals surface area contributed by atoms with E-state index in [1.54, 1.807) is 6.20 Å². The number of anilines is 2. The molecule has 0 amide bonds. The van der Waals surface area contributed by atoms with Gasteiger partial charge in [0.25, 0.3) is 0 Å². The zero-order chi connectivity index (χ0) is 13.9. The zero-order valence-electron chi connectivity index (χ0n) is 11.5. The third kappa shape index (κ3) is 2.76. The summed E-state index contributed by atoms with van der Waals surface area (Å²) in [4.78, 5) is 8.76. The minimum atomic E-state index is -0.415. The molecule has 0 aliphatic carbocycles. The SMILES string of the molecule is CCNc1nc(NC(C)(CC)CO)c2cn[nH]c2n1. The fourth-order valence-corrected chi connectivity index (χ4v) is 1.69. The van der Waals surface area contributed by atoms with Crippen LogP contribution in [0.1, 0.15) is 27.2 Å². The molecular formula is C12H20N6O. The Morgan fingerprint density at radius 1 is 1.37 bits per heavy atom. The van der Waals surface area contributed by atoms with Crippen LogP contribution >= 0.6 is 0 Å². The molecule has 1 unspecified atom stereocenters. The van der Waals surface area contributed by atoms with Gasteiger partial charge < -0.3 is 15.7 Å². The van der Waals surface area contributed by atoms with Gasteiger partial charge in [-0.15, -0.1) is 0 Å². The lowest BCUT2D eigenvalue weighted by molar-refractivity contribution is 0.218. The highest BCUT2D eigenvalue weighted by Gasteiger charge is 2.23. The van der Waals surface area contributed by atoms with E-state index in [1.807, 2.05) is 20.8 Å². The predicted octanol–water partition coefficient (Wildman–Crippen LogP) is 1.36. The topological polar surface area (TPSA) is 98.8 Å². The molecule has 0 saturated heterocycles. The van der Waals surface area contributed by atoms with Crippen molar-refractivity contribution in [1.29, 1.82) is 0 Å². The monoisotopic (exact) mass is 264 g/mol. The molecule has 7 nitrogen and oxygen atoms in total. The number of aromatic nitrogens is 4. The molecule has 7 heteroatoms.